The van der Waals surface area contributed by atoms with Gasteiger partial charge in [0.05, 0.1) is 59.6 Å². The zero-order valence-electron chi connectivity index (χ0n) is 41.9. The molecule has 8 rings (SSSR count). The fourth-order valence-corrected chi connectivity index (χ4v) is 11.8. The number of ether oxygens (including phenoxy) is 1. The first kappa shape index (κ1) is 51.6. The SMILES string of the molecule is COC1=Cc2c(cc(C)c(=O)n2C)C(N2CCCc3cc(-c4cnn(CCCCCCCCC(=O)NC(C(=O)N5C[C@H](O)CC5C(CO)c5ccc(-c6scnc6C)cc5)C(C)C)c4)c(C(F)F)cc32)C1. The van der Waals surface area contributed by atoms with Crippen LogP contribution in [-0.2, 0) is 34.3 Å². The zero-order chi connectivity index (χ0) is 50.5. The molecule has 1 aliphatic carbocycles. The number of amides is 2. The van der Waals surface area contributed by atoms with Crippen molar-refractivity contribution >= 4 is 34.9 Å². The van der Waals surface area contributed by atoms with Crippen molar-refractivity contribution in [2.45, 2.75) is 141 Å². The Hall–Kier alpha value is -5.71. The van der Waals surface area contributed by atoms with E-state index in [-0.39, 0.29) is 48.0 Å². The van der Waals surface area contributed by atoms with Crippen LogP contribution in [0, 0.1) is 19.8 Å². The van der Waals surface area contributed by atoms with Gasteiger partial charge in [-0.3, -0.25) is 19.1 Å². The second kappa shape index (κ2) is 22.8. The smallest absolute Gasteiger partial charge is 0.264 e. The van der Waals surface area contributed by atoms with Gasteiger partial charge in [-0.2, -0.15) is 5.10 Å². The Labute approximate surface area is 419 Å². The highest BCUT2D eigenvalue weighted by molar-refractivity contribution is 7.13. The van der Waals surface area contributed by atoms with Crippen molar-refractivity contribution in [3.8, 4) is 21.6 Å². The summed E-state index contributed by atoms with van der Waals surface area (Å²) in [6, 6.07) is 12.1. The van der Waals surface area contributed by atoms with Gasteiger partial charge in [0.15, 0.2) is 0 Å². The fraction of sp³-hybridized carbons (Fsp3) is 0.509. The van der Waals surface area contributed by atoms with E-state index in [9.17, 15) is 33.4 Å². The number of pyridine rings is 1. The van der Waals surface area contributed by atoms with E-state index >= 15 is 0 Å². The molecule has 0 saturated carbocycles. The Balaban J connectivity index is 0.806. The molecule has 71 heavy (non-hydrogen) atoms. The topological polar surface area (TPSA) is 155 Å². The van der Waals surface area contributed by atoms with Gasteiger partial charge in [-0.15, -0.1) is 11.3 Å². The number of aliphatic hydroxyl groups excluding tert-OH is 2. The van der Waals surface area contributed by atoms with Crippen LogP contribution in [-0.4, -0.2) is 91.3 Å². The molecule has 0 spiro atoms. The number of nitrogens with one attached hydrogen (secondary N) is 1. The molecular formula is C55H69F2N7O6S. The lowest BCUT2D eigenvalue weighted by Crippen LogP contribution is -2.53. The molecule has 2 aromatic carbocycles. The van der Waals surface area contributed by atoms with Gasteiger partial charge in [-0.1, -0.05) is 63.8 Å². The molecule has 2 aliphatic heterocycles. The number of thiazole rings is 1. The summed E-state index contributed by atoms with van der Waals surface area (Å²) in [6.07, 6.45) is 10.1. The molecule has 3 N–H and O–H groups in total. The Morgan fingerprint density at radius 2 is 1.76 bits per heavy atom. The van der Waals surface area contributed by atoms with E-state index in [1.165, 1.54) is 0 Å². The van der Waals surface area contributed by atoms with E-state index < -0.39 is 30.5 Å². The van der Waals surface area contributed by atoms with E-state index in [4.69, 9.17) is 4.74 Å². The number of alkyl halides is 2. The van der Waals surface area contributed by atoms with E-state index in [2.05, 4.69) is 20.3 Å². The first-order valence-electron chi connectivity index (χ1n) is 25.3. The molecule has 0 bridgehead atoms. The number of β-amino-alcohol motifs (C(OH)–C–C–N with tert-alkyl or cyclic N) is 1. The van der Waals surface area contributed by atoms with Crippen LogP contribution < -0.4 is 15.8 Å². The lowest BCUT2D eigenvalue weighted by molar-refractivity contribution is -0.139. The number of benzene rings is 2. The van der Waals surface area contributed by atoms with E-state index in [1.54, 1.807) is 47.2 Å². The number of hydrogen-bond donors (Lipinski definition) is 3. The lowest BCUT2D eigenvalue weighted by atomic mass is 9.88. The summed E-state index contributed by atoms with van der Waals surface area (Å²) >= 11 is 1.57. The minimum atomic E-state index is -2.69. The highest BCUT2D eigenvalue weighted by Crippen LogP contribution is 2.45. The molecule has 0 radical (unpaired) electrons. The normalized spacial score (nSPS) is 18.6. The minimum Gasteiger partial charge on any atom is -0.501 e. The number of carbonyl (C=O) groups is 2. The Morgan fingerprint density at radius 1 is 1.01 bits per heavy atom. The maximum Gasteiger partial charge on any atom is 0.264 e. The monoisotopic (exact) mass is 993 g/mol. The summed E-state index contributed by atoms with van der Waals surface area (Å²) in [5, 5.41) is 28.9. The Morgan fingerprint density at radius 3 is 2.45 bits per heavy atom. The number of methoxy groups -OCH3 is 1. The molecule has 1 saturated heterocycles. The Kier molecular flexibility index (Phi) is 16.6. The summed E-state index contributed by atoms with van der Waals surface area (Å²) in [5.41, 5.74) is 9.94. The highest BCUT2D eigenvalue weighted by Gasteiger charge is 2.43. The molecule has 1 fully saturated rings. The van der Waals surface area contributed by atoms with Crippen molar-refractivity contribution in [3.05, 3.63) is 116 Å². The van der Waals surface area contributed by atoms with Crippen molar-refractivity contribution < 1.29 is 33.3 Å². The summed E-state index contributed by atoms with van der Waals surface area (Å²) < 4.78 is 39.1. The largest absolute Gasteiger partial charge is 0.501 e. The van der Waals surface area contributed by atoms with Crippen molar-refractivity contribution in [2.75, 3.05) is 31.7 Å². The third-order valence-corrected chi connectivity index (χ3v) is 15.8. The first-order valence-corrected chi connectivity index (χ1v) is 26.1. The predicted molar refractivity (Wildman–Crippen MR) is 274 cm³/mol. The number of unbranched alkanes of at least 4 members (excludes halogenated alkanes) is 5. The van der Waals surface area contributed by atoms with Gasteiger partial charge in [-0.05, 0) is 97.9 Å². The molecule has 5 heterocycles. The van der Waals surface area contributed by atoms with Gasteiger partial charge in [0.2, 0.25) is 11.8 Å². The molecule has 2 amide bonds. The quantitative estimate of drug-likeness (QED) is 0.0647. The van der Waals surface area contributed by atoms with Crippen molar-refractivity contribution in [2.24, 2.45) is 13.0 Å². The first-order chi connectivity index (χ1) is 34.2. The maximum atomic E-state index is 15.0. The van der Waals surface area contributed by atoms with Crippen molar-refractivity contribution in [3.63, 3.8) is 0 Å². The summed E-state index contributed by atoms with van der Waals surface area (Å²) in [5.74, 6) is -0.267. The summed E-state index contributed by atoms with van der Waals surface area (Å²) in [7, 11) is 3.38. The van der Waals surface area contributed by atoms with Crippen LogP contribution in [0.15, 0.2) is 70.9 Å². The number of likely N-dealkylation sites (tertiary alicyclic amines) is 1. The predicted octanol–water partition coefficient (Wildman–Crippen LogP) is 9.42. The van der Waals surface area contributed by atoms with Crippen LogP contribution in [0.4, 0.5) is 14.5 Å². The highest BCUT2D eigenvalue weighted by atomic mass is 32.1. The zero-order valence-corrected chi connectivity index (χ0v) is 42.7. The average Bonchev–Trinajstić information content (AvgIpc) is 4.12. The van der Waals surface area contributed by atoms with Crippen LogP contribution >= 0.6 is 11.3 Å². The van der Waals surface area contributed by atoms with Gasteiger partial charge in [-0.25, -0.2) is 13.8 Å². The average molecular weight is 994 g/mol. The van der Waals surface area contributed by atoms with E-state index in [0.29, 0.717) is 55.5 Å². The molecule has 5 aromatic rings. The number of rotatable bonds is 20. The number of aryl methyl sites for hydroxylation is 4. The van der Waals surface area contributed by atoms with Crippen LogP contribution in [0.25, 0.3) is 27.6 Å². The second-order valence-corrected chi connectivity index (χ2v) is 20.9. The lowest BCUT2D eigenvalue weighted by Gasteiger charge is -2.41. The number of fused-ring (bicyclic) bond motifs is 2. The molecule has 16 heteroatoms. The van der Waals surface area contributed by atoms with Gasteiger partial charge >= 0.3 is 0 Å². The number of aliphatic hydroxyl groups is 2. The van der Waals surface area contributed by atoms with Crippen molar-refractivity contribution in [1.29, 1.82) is 0 Å². The number of carbonyl (C=O) groups excluding carboxylic acids is 2. The third-order valence-electron chi connectivity index (χ3n) is 14.8. The van der Waals surface area contributed by atoms with Gasteiger partial charge in [0.1, 0.15) is 6.04 Å². The molecule has 5 atom stereocenters. The number of nitrogens with zero attached hydrogens (tertiary/aromatic N) is 6. The number of aromatic nitrogens is 4. The van der Waals surface area contributed by atoms with Crippen LogP contribution in [0.5, 0.6) is 0 Å². The molecule has 13 nitrogen and oxygen atoms in total. The molecule has 380 valence electrons. The molecular weight excluding hydrogens is 925 g/mol. The van der Waals surface area contributed by atoms with Gasteiger partial charge in [0, 0.05) is 86.1 Å². The Bertz CT molecular complexity index is 2770. The number of halogens is 2. The third kappa shape index (κ3) is 11.3. The number of hydrogen-bond acceptors (Lipinski definition) is 10. The fourth-order valence-electron chi connectivity index (χ4n) is 11.0. The van der Waals surface area contributed by atoms with Crippen molar-refractivity contribution in [1.82, 2.24) is 29.5 Å². The van der Waals surface area contributed by atoms with E-state index in [0.717, 1.165) is 94.9 Å². The van der Waals surface area contributed by atoms with Gasteiger partial charge in [0.25, 0.3) is 12.0 Å². The molecule has 3 aliphatic rings. The minimum absolute atomic E-state index is 0.0297. The van der Waals surface area contributed by atoms with Crippen LogP contribution in [0.2, 0.25) is 0 Å². The van der Waals surface area contributed by atoms with E-state index in [1.807, 2.05) is 86.6 Å². The standard InChI is InChI=1S/C55H69F2N7O6S/c1-33(2)51(55(69)64-30-40(66)24-48(64)45(31-65)36-16-18-37(19-17-36)52-35(4)58-32-71-52)60-50(67)15-11-9-7-8-10-12-20-62-29-39(28-59-62)42-23-38-14-13-21-63(46(38)27-43(42)53(56)57)49-26-41(70-6)25-47-44(49)22-34(3)54(68)61(47)5/h16-19,22-23,25,27-29,32-33,40,45,48-49,51,53,65-66H,7-15,20-21,24,26,30-31H2,1-6H3,(H,60,67)/t40-,45?,48?,49?,51?/m1/s1. The molecule has 3 aromatic heterocycles. The molecule has 4 unspecified atom stereocenters. The van der Waals surface area contributed by atoms with Gasteiger partial charge < -0.3 is 34.6 Å². The summed E-state index contributed by atoms with van der Waals surface area (Å²) in [6.45, 7) is 8.89. The van der Waals surface area contributed by atoms with Crippen LogP contribution in [0.3, 0.4) is 0 Å². The maximum absolute atomic E-state index is 15.0. The van der Waals surface area contributed by atoms with Crippen LogP contribution in [0.1, 0.15) is 136 Å². The summed E-state index contributed by atoms with van der Waals surface area (Å²) in [4.78, 5) is 49.5. The number of anilines is 1. The second-order valence-electron chi connectivity index (χ2n) is 20.0.